The summed E-state index contributed by atoms with van der Waals surface area (Å²) in [6, 6.07) is 0. The highest BCUT2D eigenvalue weighted by Gasteiger charge is 2.49. The normalized spacial score (nSPS) is 10.9. The Morgan fingerprint density at radius 3 is 1.78 bits per heavy atom. The van der Waals surface area contributed by atoms with Crippen LogP contribution in [0.15, 0.2) is 12.2 Å². The summed E-state index contributed by atoms with van der Waals surface area (Å²) in [4.78, 5) is 24.3. The lowest BCUT2D eigenvalue weighted by atomic mass is 9.77. The van der Waals surface area contributed by atoms with Gasteiger partial charge in [0.25, 0.3) is 0 Å². The maximum atomic E-state index is 12.1. The summed E-state index contributed by atoms with van der Waals surface area (Å²) < 4.78 is 10.1. The summed E-state index contributed by atoms with van der Waals surface area (Å²) in [6.45, 7) is 11.4. The number of carbonyl (C=O) groups excluding carboxylic acids is 2. The topological polar surface area (TPSA) is 52.6 Å². The second-order valence-corrected chi connectivity index (χ2v) is 4.23. The Labute approximate surface area is 109 Å². The summed E-state index contributed by atoms with van der Waals surface area (Å²) >= 11 is 0. The molecule has 0 aliphatic rings. The first-order chi connectivity index (χ1) is 8.47. The summed E-state index contributed by atoms with van der Waals surface area (Å²) in [6.07, 6.45) is 2.01. The molecule has 0 bridgehead atoms. The molecule has 0 radical (unpaired) electrons. The molecule has 18 heavy (non-hydrogen) atoms. The van der Waals surface area contributed by atoms with Crippen molar-refractivity contribution in [1.29, 1.82) is 0 Å². The van der Waals surface area contributed by atoms with Crippen LogP contribution >= 0.6 is 0 Å². The standard InChI is InChI=1S/C14H24O4/c1-6-9-10-14(11(4)5,12(15)17-7-2)13(16)18-8-3/h4,6-10H2,1-3,5H3. The molecule has 0 aromatic rings. The van der Waals surface area contributed by atoms with Crippen molar-refractivity contribution in [1.82, 2.24) is 0 Å². The first kappa shape index (κ1) is 16.7. The molecule has 104 valence electrons. The molecule has 0 saturated carbocycles. The molecule has 0 N–H and O–H groups in total. The molecule has 4 heteroatoms. The summed E-state index contributed by atoms with van der Waals surface area (Å²) in [5.41, 5.74) is -0.866. The van der Waals surface area contributed by atoms with Gasteiger partial charge in [-0.3, -0.25) is 9.59 Å². The minimum atomic E-state index is -1.35. The van der Waals surface area contributed by atoms with Crippen LogP contribution in [0.1, 0.15) is 47.0 Å². The Morgan fingerprint density at radius 2 is 1.50 bits per heavy atom. The summed E-state index contributed by atoms with van der Waals surface area (Å²) in [5.74, 6) is -1.10. The number of hydrogen-bond donors (Lipinski definition) is 0. The molecule has 0 fully saturated rings. The van der Waals surface area contributed by atoms with E-state index >= 15 is 0 Å². The Balaban J connectivity index is 5.34. The molecule has 0 heterocycles. The van der Waals surface area contributed by atoms with E-state index in [-0.39, 0.29) is 13.2 Å². The highest BCUT2D eigenvalue weighted by atomic mass is 16.6. The Kier molecular flexibility index (Phi) is 7.32. The molecular formula is C14H24O4. The van der Waals surface area contributed by atoms with E-state index in [2.05, 4.69) is 6.58 Å². The van der Waals surface area contributed by atoms with Crippen LogP contribution in [0.3, 0.4) is 0 Å². The molecule has 0 aliphatic heterocycles. The Bertz CT molecular complexity index is 289. The van der Waals surface area contributed by atoms with Gasteiger partial charge in [-0.2, -0.15) is 0 Å². The lowest BCUT2D eigenvalue weighted by Crippen LogP contribution is -2.43. The van der Waals surface area contributed by atoms with Gasteiger partial charge in [-0.1, -0.05) is 31.9 Å². The van der Waals surface area contributed by atoms with Gasteiger partial charge in [0.15, 0.2) is 5.41 Å². The molecule has 0 spiro atoms. The van der Waals surface area contributed by atoms with E-state index in [1.165, 1.54) is 0 Å². The fourth-order valence-corrected chi connectivity index (χ4v) is 1.80. The van der Waals surface area contributed by atoms with Crippen molar-refractivity contribution in [3.63, 3.8) is 0 Å². The third-order valence-electron chi connectivity index (χ3n) is 2.88. The number of hydrogen-bond acceptors (Lipinski definition) is 4. The van der Waals surface area contributed by atoms with E-state index < -0.39 is 17.4 Å². The van der Waals surface area contributed by atoms with Gasteiger partial charge in [0.1, 0.15) is 0 Å². The van der Waals surface area contributed by atoms with Gasteiger partial charge >= 0.3 is 11.9 Å². The zero-order valence-electron chi connectivity index (χ0n) is 11.9. The smallest absolute Gasteiger partial charge is 0.327 e. The largest absolute Gasteiger partial charge is 0.465 e. The van der Waals surface area contributed by atoms with Gasteiger partial charge < -0.3 is 9.47 Å². The fourth-order valence-electron chi connectivity index (χ4n) is 1.80. The van der Waals surface area contributed by atoms with Crippen LogP contribution in [-0.4, -0.2) is 25.2 Å². The highest BCUT2D eigenvalue weighted by Crippen LogP contribution is 2.35. The Hall–Kier alpha value is -1.32. The van der Waals surface area contributed by atoms with Crippen LogP contribution < -0.4 is 0 Å². The maximum Gasteiger partial charge on any atom is 0.327 e. The zero-order valence-corrected chi connectivity index (χ0v) is 11.9. The minimum Gasteiger partial charge on any atom is -0.465 e. The van der Waals surface area contributed by atoms with Crippen molar-refractivity contribution in [2.24, 2.45) is 5.41 Å². The van der Waals surface area contributed by atoms with Crippen molar-refractivity contribution < 1.29 is 19.1 Å². The lowest BCUT2D eigenvalue weighted by molar-refractivity contribution is -0.169. The van der Waals surface area contributed by atoms with Crippen LogP contribution in [0.5, 0.6) is 0 Å². The molecule has 0 unspecified atom stereocenters. The zero-order chi connectivity index (χ0) is 14.2. The minimum absolute atomic E-state index is 0.236. The van der Waals surface area contributed by atoms with Gasteiger partial charge in [0.2, 0.25) is 0 Å². The monoisotopic (exact) mass is 256 g/mol. The molecular weight excluding hydrogens is 232 g/mol. The van der Waals surface area contributed by atoms with Crippen molar-refractivity contribution in [2.75, 3.05) is 13.2 Å². The van der Waals surface area contributed by atoms with E-state index in [4.69, 9.17) is 9.47 Å². The third-order valence-corrected chi connectivity index (χ3v) is 2.88. The van der Waals surface area contributed by atoms with E-state index in [1.807, 2.05) is 6.92 Å². The van der Waals surface area contributed by atoms with E-state index in [0.717, 1.165) is 12.8 Å². The average molecular weight is 256 g/mol. The van der Waals surface area contributed by atoms with Crippen LogP contribution in [0.4, 0.5) is 0 Å². The Morgan fingerprint density at radius 1 is 1.06 bits per heavy atom. The van der Waals surface area contributed by atoms with Gasteiger partial charge in [0, 0.05) is 0 Å². The van der Waals surface area contributed by atoms with Gasteiger partial charge in [0.05, 0.1) is 13.2 Å². The fraction of sp³-hybridized carbons (Fsp3) is 0.714. The predicted octanol–water partition coefficient (Wildman–Crippen LogP) is 2.87. The quantitative estimate of drug-likeness (QED) is 0.380. The average Bonchev–Trinajstić information content (AvgIpc) is 2.30. The van der Waals surface area contributed by atoms with Crippen molar-refractivity contribution in [3.05, 3.63) is 12.2 Å². The maximum absolute atomic E-state index is 12.1. The number of ether oxygens (including phenoxy) is 2. The first-order valence-electron chi connectivity index (χ1n) is 6.47. The number of rotatable bonds is 8. The van der Waals surface area contributed by atoms with Gasteiger partial charge in [-0.05, 0) is 27.2 Å². The molecule has 0 amide bonds. The third kappa shape index (κ3) is 3.59. The van der Waals surface area contributed by atoms with Crippen LogP contribution in [0, 0.1) is 5.41 Å². The summed E-state index contributed by atoms with van der Waals surface area (Å²) in [5, 5.41) is 0. The SMILES string of the molecule is C=C(C)C(CCCC)(C(=O)OCC)C(=O)OCC. The van der Waals surface area contributed by atoms with Crippen LogP contribution in [0.25, 0.3) is 0 Å². The van der Waals surface area contributed by atoms with Gasteiger partial charge in [-0.25, -0.2) is 0 Å². The number of esters is 2. The lowest BCUT2D eigenvalue weighted by Gasteiger charge is -2.29. The van der Waals surface area contributed by atoms with Gasteiger partial charge in [-0.15, -0.1) is 0 Å². The molecule has 0 rings (SSSR count). The second kappa shape index (κ2) is 7.90. The van der Waals surface area contributed by atoms with E-state index in [9.17, 15) is 9.59 Å². The molecule has 0 aromatic heterocycles. The number of carbonyl (C=O) groups is 2. The van der Waals surface area contributed by atoms with Crippen LogP contribution in [-0.2, 0) is 19.1 Å². The second-order valence-electron chi connectivity index (χ2n) is 4.23. The molecule has 4 nitrogen and oxygen atoms in total. The molecule has 0 aromatic carbocycles. The predicted molar refractivity (Wildman–Crippen MR) is 70.0 cm³/mol. The van der Waals surface area contributed by atoms with Crippen molar-refractivity contribution in [3.8, 4) is 0 Å². The molecule has 0 atom stereocenters. The first-order valence-corrected chi connectivity index (χ1v) is 6.47. The summed E-state index contributed by atoms with van der Waals surface area (Å²) in [7, 11) is 0. The highest BCUT2D eigenvalue weighted by molar-refractivity contribution is 6.03. The van der Waals surface area contributed by atoms with E-state index in [0.29, 0.717) is 12.0 Å². The molecule has 0 aliphatic carbocycles. The van der Waals surface area contributed by atoms with Crippen molar-refractivity contribution >= 4 is 11.9 Å². The molecule has 0 saturated heterocycles. The van der Waals surface area contributed by atoms with E-state index in [1.54, 1.807) is 20.8 Å². The number of unbranched alkanes of at least 4 members (excludes halogenated alkanes) is 1. The van der Waals surface area contributed by atoms with Crippen LogP contribution in [0.2, 0.25) is 0 Å². The van der Waals surface area contributed by atoms with Crippen molar-refractivity contribution in [2.45, 2.75) is 47.0 Å².